The van der Waals surface area contributed by atoms with Gasteiger partial charge in [0.1, 0.15) is 84.6 Å². The number of imidazole rings is 1. The number of carboxylic acid groups (broad SMARTS) is 2. The van der Waals surface area contributed by atoms with Crippen molar-refractivity contribution in [3.05, 3.63) is 18.2 Å². The monoisotopic (exact) mass is 1680 g/mol. The van der Waals surface area contributed by atoms with Gasteiger partial charge in [-0.05, 0) is 86.0 Å². The first-order valence-electron chi connectivity index (χ1n) is 37.7. The van der Waals surface area contributed by atoms with Crippen LogP contribution in [0, 0.1) is 35.5 Å². The van der Waals surface area contributed by atoms with Crippen LogP contribution in [0.2, 0.25) is 0 Å². The number of likely N-dealkylation sites (tertiary alicyclic amines) is 1. The molecule has 1 aromatic rings. The Bertz CT molecular complexity index is 3570. The molecule has 24 N–H and O–H groups in total. The number of carbonyl (C=O) groups excluding carboxylic acids is 17. The number of hydrogen-bond donors (Lipinski definition) is 22. The number of rotatable bonds is 52. The molecule has 0 bridgehead atoms. The number of H-pyrrole nitrogens is 1. The summed E-state index contributed by atoms with van der Waals surface area (Å²) in [5.41, 5.74) is 22.8. The number of nitrogens with one attached hydrogen (secondary N) is 14. The molecule has 0 unspecified atom stereocenters. The van der Waals surface area contributed by atoms with Gasteiger partial charge in [0.25, 0.3) is 0 Å². The smallest absolute Gasteiger partial charge is 0.326 e. The zero-order valence-corrected chi connectivity index (χ0v) is 69.6. The largest absolute Gasteiger partial charge is 0.481 e. The van der Waals surface area contributed by atoms with Crippen LogP contribution in [0.5, 0.6) is 0 Å². The van der Waals surface area contributed by atoms with Crippen molar-refractivity contribution in [3.63, 3.8) is 0 Å². The van der Waals surface area contributed by atoms with Crippen LogP contribution in [-0.4, -0.2) is 258 Å². The van der Waals surface area contributed by atoms with Crippen molar-refractivity contribution < 1.29 is 101 Å². The van der Waals surface area contributed by atoms with Crippen LogP contribution in [0.1, 0.15) is 153 Å². The Kier molecular flexibility index (Phi) is 43.8. The molecule has 1 aromatic heterocycles. The van der Waals surface area contributed by atoms with Gasteiger partial charge in [-0.25, -0.2) is 9.78 Å². The van der Waals surface area contributed by atoms with Gasteiger partial charge in [0.15, 0.2) is 0 Å². The maximum atomic E-state index is 14.7. The van der Waals surface area contributed by atoms with E-state index in [9.17, 15) is 101 Å². The summed E-state index contributed by atoms with van der Waals surface area (Å²) in [5.74, 6) is -23.6. The number of hydrogen-bond acceptors (Lipinski definition) is 24. The third kappa shape index (κ3) is 35.4. The lowest BCUT2D eigenvalue weighted by molar-refractivity contribution is -0.143. The van der Waals surface area contributed by atoms with Crippen molar-refractivity contribution in [1.29, 1.82) is 0 Å². The number of carbonyl (C=O) groups is 19. The molecule has 1 saturated heterocycles. The third-order valence-electron chi connectivity index (χ3n) is 17.9. The predicted molar refractivity (Wildman–Crippen MR) is 425 cm³/mol. The highest BCUT2D eigenvalue weighted by molar-refractivity contribution is 7.98. The average Bonchev–Trinajstić information content (AvgIpc) is 1.73. The van der Waals surface area contributed by atoms with Gasteiger partial charge in [0.2, 0.25) is 100 Å². The Balaban J connectivity index is 2.36. The van der Waals surface area contributed by atoms with E-state index < -0.39 is 252 Å². The summed E-state index contributed by atoms with van der Waals surface area (Å²) in [7, 11) is 0. The molecule has 0 aliphatic carbocycles. The minimum atomic E-state index is -1.87. The van der Waals surface area contributed by atoms with Crippen molar-refractivity contribution in [2.75, 3.05) is 30.1 Å². The molecule has 15 atom stereocenters. The molecule has 0 radical (unpaired) electrons. The minimum Gasteiger partial charge on any atom is -0.481 e. The number of aromatic nitrogens is 2. The molecule has 1 aliphatic rings. The van der Waals surface area contributed by atoms with Gasteiger partial charge < -0.3 is 112 Å². The maximum Gasteiger partial charge on any atom is 0.326 e. The van der Waals surface area contributed by atoms with Gasteiger partial charge in [0.05, 0.1) is 43.7 Å². The molecule has 17 amide bonds. The molecule has 1 fully saturated rings. The summed E-state index contributed by atoms with van der Waals surface area (Å²) < 4.78 is 0. The number of amides is 17. The summed E-state index contributed by atoms with van der Waals surface area (Å²) in [6, 6.07) is -22.8. The van der Waals surface area contributed by atoms with Gasteiger partial charge in [0, 0.05) is 30.7 Å². The normalized spacial score (nSPS) is 16.4. The predicted octanol–water partition coefficient (Wildman–Crippen LogP) is -5.52. The van der Waals surface area contributed by atoms with Gasteiger partial charge in [-0.1, -0.05) is 83.1 Å². The summed E-state index contributed by atoms with van der Waals surface area (Å²) in [5, 5.41) is 51.4. The van der Waals surface area contributed by atoms with Crippen molar-refractivity contribution in [1.82, 2.24) is 84.0 Å². The van der Waals surface area contributed by atoms with Crippen LogP contribution in [0.4, 0.5) is 0 Å². The second-order valence-electron chi connectivity index (χ2n) is 30.3. The first-order chi connectivity index (χ1) is 53.7. The summed E-state index contributed by atoms with van der Waals surface area (Å²) in [6.07, 6.45) is 1.05. The summed E-state index contributed by atoms with van der Waals surface area (Å²) >= 11 is 9.72. The first kappa shape index (κ1) is 101. The Morgan fingerprint density at radius 3 is 1.20 bits per heavy atom. The van der Waals surface area contributed by atoms with Crippen LogP contribution in [0.25, 0.3) is 0 Å². The van der Waals surface area contributed by atoms with E-state index in [1.807, 2.05) is 0 Å². The number of carboxylic acids is 2. The van der Waals surface area contributed by atoms with E-state index in [0.29, 0.717) is 5.69 Å². The van der Waals surface area contributed by atoms with Crippen molar-refractivity contribution in [3.8, 4) is 0 Å². The molecule has 646 valence electrons. The molecule has 2 rings (SSSR count). The van der Waals surface area contributed by atoms with Crippen molar-refractivity contribution in [2.45, 2.75) is 244 Å². The zero-order valence-electron chi connectivity index (χ0n) is 67.0. The van der Waals surface area contributed by atoms with Gasteiger partial charge in [-0.15, -0.1) is 0 Å². The second-order valence-corrected chi connectivity index (χ2v) is 32.1. The Labute approximate surface area is 682 Å². The summed E-state index contributed by atoms with van der Waals surface area (Å²) in [6.45, 7) is 19.4. The molecule has 0 saturated carbocycles. The zero-order chi connectivity index (χ0) is 87.6. The number of primary amides is 3. The molecule has 44 heteroatoms. The lowest BCUT2D eigenvalue weighted by atomic mass is 9.98. The average molecular weight is 1680 g/mol. The second kappa shape index (κ2) is 49.8. The minimum absolute atomic E-state index is 0.0334. The van der Waals surface area contributed by atoms with Gasteiger partial charge >= 0.3 is 11.9 Å². The van der Waals surface area contributed by atoms with Crippen LogP contribution < -0.4 is 92.1 Å². The van der Waals surface area contributed by atoms with Crippen LogP contribution in [0.15, 0.2) is 12.5 Å². The molecular weight excluding hydrogens is 1570 g/mol. The molecule has 0 spiro atoms. The van der Waals surface area contributed by atoms with Crippen molar-refractivity contribution in [2.24, 2.45) is 58.4 Å². The first-order valence-corrected chi connectivity index (χ1v) is 40.3. The Morgan fingerprint density at radius 2 is 0.800 bits per heavy atom. The lowest BCUT2D eigenvalue weighted by Gasteiger charge is -2.33. The number of nitrogens with two attached hydrogens (primary N) is 4. The van der Waals surface area contributed by atoms with E-state index in [2.05, 4.69) is 104 Å². The highest BCUT2D eigenvalue weighted by Crippen LogP contribution is 2.23. The standard InChI is InChI=1S/C71H118N20O21S3/c1-31(2)19-40(59(99)87-48(29-114)66(106)89-55(35(9)10)69(109)84-45(26-53(95)96)62(102)78-39(16-18-115-13)58(98)86-47(28-113)65(105)85-46(71(111)112)21-33(5)6)82-67(107)49-15-14-17-91(49)70(110)56(36(11)12)90-64(104)44(25-52(75)94)83-68(108)54(34(7)8)88-63(103)41(20-32(3)4)80-61(101)43(24-51(74)93)81-60(100)42(23-50(73)92)79-57(97)38(72)22-37-27-76-30-77-37/h27,30-36,38-49,54-56,113-114H,14-26,28-29,72H2,1-13H3,(H2,73,92)(H2,74,93)(H2,75,94)(H,76,77)(H,78,102)(H,79,97)(H,80,101)(H,81,100)(H,82,107)(H,83,108)(H,84,109)(H,85,105)(H,86,98)(H,87,99)(H,88,103)(H,89,106)(H,90,104)(H,95,96)(H,111,112)/t38-,39-,40-,41-,42-,43-,44-,45-,46-,47-,48-,49-,54-,55-,56-/m0/s1. The van der Waals surface area contributed by atoms with E-state index in [-0.39, 0.29) is 80.7 Å². The summed E-state index contributed by atoms with van der Waals surface area (Å²) in [4.78, 5) is 265. The fraction of sp³-hybridized carbons (Fsp3) is 0.690. The van der Waals surface area contributed by atoms with Gasteiger partial charge in [-0.2, -0.15) is 37.0 Å². The van der Waals surface area contributed by atoms with Gasteiger partial charge in [-0.3, -0.25) is 86.3 Å². The van der Waals surface area contributed by atoms with E-state index >= 15 is 0 Å². The molecule has 2 heterocycles. The fourth-order valence-corrected chi connectivity index (χ4v) is 12.8. The van der Waals surface area contributed by atoms with E-state index in [1.54, 1.807) is 61.6 Å². The quantitative estimate of drug-likeness (QED) is 0.0271. The lowest BCUT2D eigenvalue weighted by Crippen LogP contribution is -2.62. The fourth-order valence-electron chi connectivity index (χ4n) is 11.9. The number of thiol groups is 2. The highest BCUT2D eigenvalue weighted by atomic mass is 32.2. The topological polar surface area (TPSA) is 657 Å². The Morgan fingerprint density at radius 1 is 0.461 bits per heavy atom. The maximum absolute atomic E-state index is 14.7. The Hall–Kier alpha value is -9.85. The molecule has 41 nitrogen and oxygen atoms in total. The molecule has 115 heavy (non-hydrogen) atoms. The van der Waals surface area contributed by atoms with Crippen LogP contribution >= 0.6 is 37.0 Å². The number of aromatic amines is 1. The van der Waals surface area contributed by atoms with E-state index in [1.165, 1.54) is 56.9 Å². The highest BCUT2D eigenvalue weighted by Gasteiger charge is 2.43. The number of thioether (sulfide) groups is 1. The van der Waals surface area contributed by atoms with Crippen LogP contribution in [0.3, 0.4) is 0 Å². The van der Waals surface area contributed by atoms with E-state index in [0.717, 1.165) is 0 Å². The van der Waals surface area contributed by atoms with E-state index in [4.69, 9.17) is 22.9 Å². The number of aliphatic carboxylic acids is 2. The number of nitrogens with zero attached hydrogens (tertiary/aromatic N) is 2. The molecular formula is C71H118N20O21S3. The van der Waals surface area contributed by atoms with Crippen LogP contribution in [-0.2, 0) is 97.5 Å². The van der Waals surface area contributed by atoms with Crippen molar-refractivity contribution >= 4 is 149 Å². The SMILES string of the molecule is CSCC[C@H](NC(=O)[C@H](CC(=O)O)NC(=O)[C@@H](NC(=O)[C@H](CS)NC(=O)[C@H](CC(C)C)NC(=O)[C@@H]1CCCN1C(=O)[C@@H](NC(=O)[C@H](CC(N)=O)NC(=O)[C@@H](NC(=O)[C@H](CC(C)C)NC(=O)[C@H](CC(N)=O)NC(=O)[C@H](CC(N)=O)NC(=O)[C@@H](N)Cc1c[nH]cn1)C(C)C)C(C)C)C(C)C)C(=O)N[C@@H](CS)C(=O)N[C@@H](CC(C)C)C(=O)O. The molecule has 0 aromatic carbocycles. The molecule has 1 aliphatic heterocycles. The third-order valence-corrected chi connectivity index (χ3v) is 19.3.